The van der Waals surface area contributed by atoms with Crippen molar-refractivity contribution in [3.05, 3.63) is 95.3 Å². The first-order valence-corrected chi connectivity index (χ1v) is 19.6. The fraction of sp³-hybridized carbons (Fsp3) is 0.318. The van der Waals surface area contributed by atoms with E-state index in [1.54, 1.807) is 7.05 Å². The molecule has 0 radical (unpaired) electrons. The van der Waals surface area contributed by atoms with E-state index in [2.05, 4.69) is 86.9 Å². The van der Waals surface area contributed by atoms with Crippen LogP contribution in [0, 0.1) is 18.3 Å². The number of pyridine rings is 4. The lowest BCUT2D eigenvalue weighted by atomic mass is 10.1. The summed E-state index contributed by atoms with van der Waals surface area (Å²) >= 11 is 0. The molecular formula is C44H44N12O. The van der Waals surface area contributed by atoms with Crippen LogP contribution in [0.3, 0.4) is 0 Å². The van der Waals surface area contributed by atoms with Crippen LogP contribution in [-0.4, -0.2) is 111 Å². The first kappa shape index (κ1) is 35.1. The maximum absolute atomic E-state index is 13.2. The van der Waals surface area contributed by atoms with E-state index in [1.807, 2.05) is 53.9 Å². The molecule has 2 aliphatic heterocycles. The molecular weight excluding hydrogens is 713 g/mol. The van der Waals surface area contributed by atoms with Gasteiger partial charge < -0.3 is 20.0 Å². The minimum atomic E-state index is -0.179. The van der Waals surface area contributed by atoms with Crippen molar-refractivity contribution in [2.75, 3.05) is 64.2 Å². The second-order valence-corrected chi connectivity index (χ2v) is 15.9. The zero-order valence-electron chi connectivity index (χ0n) is 32.9. The molecule has 0 unspecified atom stereocenters. The van der Waals surface area contributed by atoms with Crippen LogP contribution in [0.1, 0.15) is 40.0 Å². The minimum Gasteiger partial charge on any atom is -0.369 e. The third-order valence-corrected chi connectivity index (χ3v) is 12.2. The number of aromatic nitrogens is 6. The average molecular weight is 757 g/mol. The number of hydrogen-bond donors (Lipinski definition) is 1. The van der Waals surface area contributed by atoms with E-state index >= 15 is 0 Å². The molecule has 2 saturated heterocycles. The Balaban J connectivity index is 0.978. The van der Waals surface area contributed by atoms with Crippen LogP contribution in [-0.2, 0) is 6.54 Å². The molecule has 13 heteroatoms. The molecule has 57 heavy (non-hydrogen) atoms. The molecule has 1 amide bonds. The Kier molecular flexibility index (Phi) is 8.24. The molecule has 0 saturated carbocycles. The third kappa shape index (κ3) is 5.62. The van der Waals surface area contributed by atoms with Crippen LogP contribution < -0.4 is 15.1 Å². The van der Waals surface area contributed by atoms with Gasteiger partial charge in [0.25, 0.3) is 5.91 Å². The van der Waals surface area contributed by atoms with Gasteiger partial charge in [0, 0.05) is 85.9 Å². The number of nitrogens with zero attached hydrogens (tertiary/aromatic N) is 11. The fourth-order valence-corrected chi connectivity index (χ4v) is 9.22. The lowest BCUT2D eigenvalue weighted by Crippen LogP contribution is -2.34. The van der Waals surface area contributed by atoms with Crippen LogP contribution in [0.25, 0.3) is 55.4 Å². The predicted octanol–water partition coefficient (Wildman–Crippen LogP) is 5.78. The van der Waals surface area contributed by atoms with Gasteiger partial charge in [-0.1, -0.05) is 18.2 Å². The second kappa shape index (κ2) is 13.4. The molecule has 13 nitrogen and oxygen atoms in total. The maximum atomic E-state index is 13.2. The van der Waals surface area contributed by atoms with Gasteiger partial charge in [-0.05, 0) is 95.0 Å². The summed E-state index contributed by atoms with van der Waals surface area (Å²) < 4.78 is 4.12. The van der Waals surface area contributed by atoms with E-state index in [0.717, 1.165) is 107 Å². The summed E-state index contributed by atoms with van der Waals surface area (Å²) in [6.45, 7) is 6.40. The molecule has 1 N–H and O–H groups in total. The Bertz CT molecular complexity index is 2980. The smallest absolute Gasteiger partial charge is 0.254 e. The van der Waals surface area contributed by atoms with Gasteiger partial charge in [-0.25, -0.2) is 19.9 Å². The van der Waals surface area contributed by atoms with Crippen molar-refractivity contribution in [1.82, 2.24) is 43.9 Å². The largest absolute Gasteiger partial charge is 0.369 e. The zero-order chi connectivity index (χ0) is 39.1. The molecule has 0 spiro atoms. The zero-order valence-corrected chi connectivity index (χ0v) is 32.9. The van der Waals surface area contributed by atoms with Crippen molar-refractivity contribution >= 4 is 72.7 Å². The van der Waals surface area contributed by atoms with Gasteiger partial charge in [0.15, 0.2) is 11.3 Å². The second-order valence-electron chi connectivity index (χ2n) is 15.9. The molecule has 8 heterocycles. The number of hydrogen-bond acceptors (Lipinski definition) is 10. The van der Waals surface area contributed by atoms with E-state index in [-0.39, 0.29) is 5.91 Å². The van der Waals surface area contributed by atoms with Crippen LogP contribution >= 0.6 is 0 Å². The summed E-state index contributed by atoms with van der Waals surface area (Å²) in [5.74, 6) is -0.179. The van der Waals surface area contributed by atoms with Crippen molar-refractivity contribution in [1.29, 1.82) is 5.26 Å². The van der Waals surface area contributed by atoms with Gasteiger partial charge in [0.1, 0.15) is 17.4 Å². The molecule has 6 aromatic heterocycles. The van der Waals surface area contributed by atoms with Gasteiger partial charge in [-0.15, -0.1) is 0 Å². The number of carbonyl (C=O) groups is 1. The van der Waals surface area contributed by atoms with Gasteiger partial charge in [0.05, 0.1) is 33.2 Å². The molecule has 0 bridgehead atoms. The van der Waals surface area contributed by atoms with Crippen LogP contribution in [0.15, 0.2) is 72.9 Å². The van der Waals surface area contributed by atoms with Crippen molar-refractivity contribution in [2.24, 2.45) is 0 Å². The molecule has 2 fully saturated rings. The van der Waals surface area contributed by atoms with Gasteiger partial charge in [-0.2, -0.15) is 5.26 Å². The van der Waals surface area contributed by atoms with Crippen LogP contribution in [0.2, 0.25) is 0 Å². The minimum absolute atomic E-state index is 0.179. The molecule has 8 aromatic rings. The number of amides is 1. The van der Waals surface area contributed by atoms with Gasteiger partial charge in [0.2, 0.25) is 0 Å². The topological polar surface area (TPSA) is 126 Å². The predicted molar refractivity (Wildman–Crippen MR) is 225 cm³/mol. The standard InChI is InChI=1S/C44H44N12O/c1-26-18-38(54-16-13-29(24-54)51(3)4)31-20-28(22-45)40-49-35-11-10-27(19-39(35)56(40)42(31)48-26)23-52(5)30-14-17-53(25-30)36-12-15-47-41-32(36)21-33(44(57)46-2)43-50-34-8-6-7-9-37(34)55(41)43/h6-12,15,18-21,29-30H,13-14,16-17,23-25H2,1-5H3,(H,46,57)/t29-,30+/m1/s1. The lowest BCUT2D eigenvalue weighted by Gasteiger charge is -2.26. The highest BCUT2D eigenvalue weighted by molar-refractivity contribution is 6.07. The number of aryl methyl sites for hydroxylation is 1. The molecule has 2 aliphatic rings. The number of anilines is 2. The Morgan fingerprint density at radius 3 is 2.32 bits per heavy atom. The number of nitrogens with one attached hydrogen (secondary N) is 1. The summed E-state index contributed by atoms with van der Waals surface area (Å²) in [6.07, 6.45) is 3.95. The molecule has 0 aliphatic carbocycles. The van der Waals surface area contributed by atoms with E-state index in [9.17, 15) is 10.1 Å². The number of likely N-dealkylation sites (N-methyl/N-ethyl adjacent to an activating group) is 2. The first-order chi connectivity index (χ1) is 27.7. The highest BCUT2D eigenvalue weighted by Gasteiger charge is 2.30. The van der Waals surface area contributed by atoms with Crippen molar-refractivity contribution < 1.29 is 4.79 Å². The highest BCUT2D eigenvalue weighted by Crippen LogP contribution is 2.36. The summed E-state index contributed by atoms with van der Waals surface area (Å²) in [7, 11) is 8.13. The molecule has 2 aromatic carbocycles. The van der Waals surface area contributed by atoms with E-state index in [1.165, 1.54) is 5.56 Å². The Morgan fingerprint density at radius 1 is 0.807 bits per heavy atom. The number of para-hydroxylation sites is 2. The first-order valence-electron chi connectivity index (χ1n) is 19.6. The number of benzene rings is 2. The summed E-state index contributed by atoms with van der Waals surface area (Å²) in [4.78, 5) is 42.5. The quantitative estimate of drug-likeness (QED) is 0.214. The SMILES string of the molecule is CNC(=O)c1cc2c(N3CC[C@H](N(C)Cc4ccc5nc6c(C#N)cc7c(N8CC[C@@H](N(C)C)C8)cc(C)nc7n6c5c4)C3)ccnc2n2c1nc1ccccc12. The van der Waals surface area contributed by atoms with Crippen LogP contribution in [0.5, 0.6) is 0 Å². The van der Waals surface area contributed by atoms with E-state index in [4.69, 9.17) is 19.9 Å². The van der Waals surface area contributed by atoms with Gasteiger partial charge in [-0.3, -0.25) is 18.5 Å². The van der Waals surface area contributed by atoms with E-state index < -0.39 is 0 Å². The van der Waals surface area contributed by atoms with Crippen molar-refractivity contribution in [2.45, 2.75) is 38.4 Å². The van der Waals surface area contributed by atoms with Gasteiger partial charge >= 0.3 is 0 Å². The summed E-state index contributed by atoms with van der Waals surface area (Å²) in [6, 6.07) is 25.8. The van der Waals surface area contributed by atoms with Crippen molar-refractivity contribution in [3.63, 3.8) is 0 Å². The third-order valence-electron chi connectivity index (χ3n) is 12.2. The van der Waals surface area contributed by atoms with E-state index in [0.29, 0.717) is 34.5 Å². The maximum Gasteiger partial charge on any atom is 0.254 e. The number of carbonyl (C=O) groups excluding carboxylic acids is 1. The molecule has 2 atom stereocenters. The van der Waals surface area contributed by atoms with Crippen LogP contribution in [0.4, 0.5) is 11.4 Å². The summed E-state index contributed by atoms with van der Waals surface area (Å²) in [5.41, 5.74) is 11.7. The number of fused-ring (bicyclic) bond motifs is 10. The number of nitriles is 1. The Labute approximate surface area is 329 Å². The lowest BCUT2D eigenvalue weighted by molar-refractivity contribution is 0.0964. The Morgan fingerprint density at radius 2 is 1.53 bits per heavy atom. The summed E-state index contributed by atoms with van der Waals surface area (Å²) in [5, 5.41) is 15.1. The molecule has 286 valence electrons. The highest BCUT2D eigenvalue weighted by atomic mass is 16.1. The average Bonchev–Trinajstić information content (AvgIpc) is 4.04. The Hall–Kier alpha value is -6.36. The van der Waals surface area contributed by atoms with Crippen molar-refractivity contribution in [3.8, 4) is 6.07 Å². The fourth-order valence-electron chi connectivity index (χ4n) is 9.22. The number of rotatable bonds is 7. The monoisotopic (exact) mass is 756 g/mol. The normalized spacial score (nSPS) is 17.5. The number of imidazole rings is 2. The molecule has 10 rings (SSSR count).